The van der Waals surface area contributed by atoms with E-state index in [4.69, 9.17) is 4.74 Å². The molecule has 0 aliphatic heterocycles. The number of methoxy groups -OCH3 is 1. The summed E-state index contributed by atoms with van der Waals surface area (Å²) in [5.74, 6) is 0.830. The molecule has 5 nitrogen and oxygen atoms in total. The molecule has 1 atom stereocenters. The van der Waals surface area contributed by atoms with Crippen LogP contribution >= 0.6 is 0 Å². The molecule has 0 saturated carbocycles. The zero-order chi connectivity index (χ0) is 19.7. The molecule has 2 heterocycles. The highest BCUT2D eigenvalue weighted by Crippen LogP contribution is 2.30. The summed E-state index contributed by atoms with van der Waals surface area (Å²) in [5, 5.41) is 16.5. The molecule has 0 amide bonds. The van der Waals surface area contributed by atoms with Crippen LogP contribution in [-0.4, -0.2) is 32.7 Å². The Labute approximate surface area is 164 Å². The molecule has 144 valence electrons. The van der Waals surface area contributed by atoms with Crippen molar-refractivity contribution in [2.75, 3.05) is 7.11 Å². The zero-order valence-corrected chi connectivity index (χ0v) is 16.5. The minimum Gasteiger partial charge on any atom is -0.497 e. The summed E-state index contributed by atoms with van der Waals surface area (Å²) in [6.07, 6.45) is -0.550. The molecule has 2 aromatic heterocycles. The maximum Gasteiger partial charge on any atom is 0.118 e. The Kier molecular flexibility index (Phi) is 4.92. The third-order valence-corrected chi connectivity index (χ3v) is 5.08. The SMILES string of the molecule is COc1ccc(-c2cc3ccccc3n2C[C@H](O)Cn2nc(C)cc2C)cc1. The zero-order valence-electron chi connectivity index (χ0n) is 16.5. The number of para-hydroxylation sites is 1. The number of rotatable bonds is 6. The first-order valence-corrected chi connectivity index (χ1v) is 9.47. The van der Waals surface area contributed by atoms with Crippen LogP contribution in [0.15, 0.2) is 60.7 Å². The molecular formula is C23H25N3O2. The third-order valence-electron chi connectivity index (χ3n) is 5.08. The van der Waals surface area contributed by atoms with Gasteiger partial charge < -0.3 is 14.4 Å². The van der Waals surface area contributed by atoms with Gasteiger partial charge in [0, 0.05) is 22.3 Å². The Morgan fingerprint density at radius 1 is 1.00 bits per heavy atom. The predicted octanol–water partition coefficient (Wildman–Crippen LogP) is 4.19. The summed E-state index contributed by atoms with van der Waals surface area (Å²) < 4.78 is 9.34. The molecule has 4 rings (SSSR count). The number of aromatic nitrogens is 3. The van der Waals surface area contributed by atoms with Gasteiger partial charge in [0.05, 0.1) is 32.0 Å². The smallest absolute Gasteiger partial charge is 0.118 e. The molecule has 4 aromatic rings. The largest absolute Gasteiger partial charge is 0.497 e. The molecule has 0 saturated heterocycles. The molecule has 0 aliphatic carbocycles. The Bertz CT molecular complexity index is 1090. The molecule has 0 aliphatic rings. The fourth-order valence-electron chi connectivity index (χ4n) is 3.74. The third kappa shape index (κ3) is 3.53. The summed E-state index contributed by atoms with van der Waals surface area (Å²) in [7, 11) is 1.67. The van der Waals surface area contributed by atoms with Crippen molar-refractivity contribution in [1.29, 1.82) is 0 Å². The number of hydrogen-bond acceptors (Lipinski definition) is 3. The number of hydrogen-bond donors (Lipinski definition) is 1. The van der Waals surface area contributed by atoms with Gasteiger partial charge in [0.25, 0.3) is 0 Å². The van der Waals surface area contributed by atoms with E-state index in [1.165, 1.54) is 0 Å². The Hall–Kier alpha value is -3.05. The lowest BCUT2D eigenvalue weighted by Gasteiger charge is -2.17. The van der Waals surface area contributed by atoms with Crippen LogP contribution in [0, 0.1) is 13.8 Å². The first kappa shape index (κ1) is 18.3. The maximum absolute atomic E-state index is 10.8. The normalized spacial score (nSPS) is 12.4. The summed E-state index contributed by atoms with van der Waals surface area (Å²) in [6, 6.07) is 20.5. The molecule has 1 N–H and O–H groups in total. The number of aliphatic hydroxyl groups is 1. The van der Waals surface area contributed by atoms with Gasteiger partial charge in [-0.25, -0.2) is 0 Å². The first-order chi connectivity index (χ1) is 13.5. The van der Waals surface area contributed by atoms with Crippen molar-refractivity contribution < 1.29 is 9.84 Å². The molecule has 0 spiro atoms. The lowest BCUT2D eigenvalue weighted by atomic mass is 10.1. The van der Waals surface area contributed by atoms with Gasteiger partial charge in [-0.3, -0.25) is 4.68 Å². The van der Waals surface area contributed by atoms with Crippen LogP contribution in [0.4, 0.5) is 0 Å². The molecule has 28 heavy (non-hydrogen) atoms. The Morgan fingerprint density at radius 3 is 2.43 bits per heavy atom. The van der Waals surface area contributed by atoms with Gasteiger partial charge in [0.15, 0.2) is 0 Å². The fourth-order valence-corrected chi connectivity index (χ4v) is 3.74. The van der Waals surface area contributed by atoms with Crippen LogP contribution < -0.4 is 4.74 Å². The first-order valence-electron chi connectivity index (χ1n) is 9.47. The van der Waals surface area contributed by atoms with E-state index in [-0.39, 0.29) is 0 Å². The van der Waals surface area contributed by atoms with Crippen molar-refractivity contribution in [1.82, 2.24) is 14.3 Å². The summed E-state index contributed by atoms with van der Waals surface area (Å²) in [4.78, 5) is 0. The van der Waals surface area contributed by atoms with Crippen molar-refractivity contribution >= 4 is 10.9 Å². The minimum absolute atomic E-state index is 0.467. The molecule has 5 heteroatoms. The minimum atomic E-state index is -0.550. The van der Waals surface area contributed by atoms with E-state index in [1.807, 2.05) is 48.9 Å². The number of benzene rings is 2. The summed E-state index contributed by atoms with van der Waals surface area (Å²) in [6.45, 7) is 4.94. The highest BCUT2D eigenvalue weighted by atomic mass is 16.5. The van der Waals surface area contributed by atoms with E-state index >= 15 is 0 Å². The van der Waals surface area contributed by atoms with Crippen LogP contribution in [0.3, 0.4) is 0 Å². The Morgan fingerprint density at radius 2 is 1.75 bits per heavy atom. The van der Waals surface area contributed by atoms with Crippen molar-refractivity contribution in [3.63, 3.8) is 0 Å². The van der Waals surface area contributed by atoms with Crippen molar-refractivity contribution in [2.45, 2.75) is 33.0 Å². The second kappa shape index (κ2) is 7.52. The van der Waals surface area contributed by atoms with Crippen LogP contribution in [0.5, 0.6) is 5.75 Å². The average molecular weight is 375 g/mol. The summed E-state index contributed by atoms with van der Waals surface area (Å²) in [5.41, 5.74) is 5.31. The molecule has 2 aromatic carbocycles. The molecular weight excluding hydrogens is 350 g/mol. The number of ether oxygens (including phenoxy) is 1. The molecule has 0 unspecified atom stereocenters. The Balaban J connectivity index is 1.69. The maximum atomic E-state index is 10.8. The molecule has 0 fully saturated rings. The van der Waals surface area contributed by atoms with Gasteiger partial charge in [-0.2, -0.15) is 5.10 Å². The van der Waals surface area contributed by atoms with Gasteiger partial charge in [-0.05, 0) is 61.9 Å². The monoisotopic (exact) mass is 375 g/mol. The van der Waals surface area contributed by atoms with Gasteiger partial charge in [-0.15, -0.1) is 0 Å². The van der Waals surface area contributed by atoms with Crippen LogP contribution in [0.25, 0.3) is 22.2 Å². The van der Waals surface area contributed by atoms with Gasteiger partial charge in [0.1, 0.15) is 5.75 Å². The van der Waals surface area contributed by atoms with Gasteiger partial charge in [-0.1, -0.05) is 18.2 Å². The van der Waals surface area contributed by atoms with E-state index in [0.29, 0.717) is 13.1 Å². The second-order valence-corrected chi connectivity index (χ2v) is 7.19. The van der Waals surface area contributed by atoms with Crippen molar-refractivity contribution in [2.24, 2.45) is 0 Å². The van der Waals surface area contributed by atoms with E-state index in [1.54, 1.807) is 7.11 Å². The van der Waals surface area contributed by atoms with E-state index in [0.717, 1.165) is 39.3 Å². The van der Waals surface area contributed by atoms with E-state index < -0.39 is 6.10 Å². The number of aliphatic hydroxyl groups excluding tert-OH is 1. The highest BCUT2D eigenvalue weighted by molar-refractivity contribution is 5.87. The topological polar surface area (TPSA) is 52.2 Å². The van der Waals surface area contributed by atoms with Crippen molar-refractivity contribution in [3.8, 4) is 17.0 Å². The van der Waals surface area contributed by atoms with Crippen LogP contribution in [-0.2, 0) is 13.1 Å². The van der Waals surface area contributed by atoms with E-state index in [9.17, 15) is 5.11 Å². The van der Waals surface area contributed by atoms with Crippen LogP contribution in [0.2, 0.25) is 0 Å². The summed E-state index contributed by atoms with van der Waals surface area (Å²) >= 11 is 0. The van der Waals surface area contributed by atoms with E-state index in [2.05, 4.69) is 40.0 Å². The fraction of sp³-hybridized carbons (Fsp3) is 0.261. The average Bonchev–Trinajstić information content (AvgIpc) is 3.21. The lowest BCUT2D eigenvalue weighted by Crippen LogP contribution is -2.23. The lowest BCUT2D eigenvalue weighted by molar-refractivity contribution is 0.131. The molecule has 0 bridgehead atoms. The number of fused-ring (bicyclic) bond motifs is 1. The predicted molar refractivity (Wildman–Crippen MR) is 112 cm³/mol. The van der Waals surface area contributed by atoms with Gasteiger partial charge >= 0.3 is 0 Å². The van der Waals surface area contributed by atoms with Gasteiger partial charge in [0.2, 0.25) is 0 Å². The number of nitrogens with zero attached hydrogens (tertiary/aromatic N) is 3. The molecule has 0 radical (unpaired) electrons. The highest BCUT2D eigenvalue weighted by Gasteiger charge is 2.15. The van der Waals surface area contributed by atoms with Crippen LogP contribution in [0.1, 0.15) is 11.4 Å². The quantitative estimate of drug-likeness (QED) is 0.550. The standard InChI is InChI=1S/C23H25N3O2/c1-16-12-17(2)26(24-16)15-20(27)14-25-22-7-5-4-6-19(22)13-23(25)18-8-10-21(28-3)11-9-18/h4-13,20,27H,14-15H2,1-3H3/t20-/m0/s1. The number of aryl methyl sites for hydroxylation is 2. The second-order valence-electron chi connectivity index (χ2n) is 7.19. The van der Waals surface area contributed by atoms with Crippen molar-refractivity contribution in [3.05, 3.63) is 72.1 Å².